The molecule has 0 unspecified atom stereocenters. The summed E-state index contributed by atoms with van der Waals surface area (Å²) in [4.78, 5) is 11.6. The van der Waals surface area contributed by atoms with E-state index in [2.05, 4.69) is 12.0 Å². The number of carbonyl (C=O) groups is 1. The summed E-state index contributed by atoms with van der Waals surface area (Å²) in [5.41, 5.74) is 0.534. The summed E-state index contributed by atoms with van der Waals surface area (Å²) in [7, 11) is 1.77. The molecule has 0 spiro atoms. The van der Waals surface area contributed by atoms with Crippen LogP contribution in [0.1, 0.15) is 33.1 Å². The van der Waals surface area contributed by atoms with E-state index in [0.717, 1.165) is 25.3 Å². The molecule has 0 aromatic carbocycles. The van der Waals surface area contributed by atoms with Crippen molar-refractivity contribution in [2.24, 2.45) is 5.11 Å². The molecule has 0 amide bonds. The van der Waals surface area contributed by atoms with Crippen molar-refractivity contribution in [3.8, 4) is 0 Å². The Morgan fingerprint density at radius 1 is 1.47 bits per heavy atom. The molecule has 1 heterocycles. The van der Waals surface area contributed by atoms with Crippen LogP contribution in [0.25, 0.3) is 0 Å². The lowest BCUT2D eigenvalue weighted by atomic mass is 10.1. The van der Waals surface area contributed by atoms with Crippen molar-refractivity contribution in [1.82, 2.24) is 0 Å². The quantitative estimate of drug-likeness (QED) is 0.516. The highest BCUT2D eigenvalue weighted by Gasteiger charge is 2.31. The van der Waals surface area contributed by atoms with Crippen LogP contribution in [0.5, 0.6) is 0 Å². The maximum atomic E-state index is 11.6. The number of carbonyl (C=O) groups excluding carboxylic acids is 1. The molecule has 4 heteroatoms. The van der Waals surface area contributed by atoms with Gasteiger partial charge < -0.3 is 4.74 Å². The molecule has 83 valence electrons. The van der Waals surface area contributed by atoms with Gasteiger partial charge in [0.15, 0.2) is 13.1 Å². The van der Waals surface area contributed by atoms with E-state index in [9.17, 15) is 4.79 Å². The largest absolute Gasteiger partial charge is 0.458 e. The second-order valence-electron chi connectivity index (χ2n) is 3.53. The summed E-state index contributed by atoms with van der Waals surface area (Å²) in [5, 5.41) is 4.25. The first kappa shape index (κ1) is 11.9. The molecule has 0 saturated carbocycles. The van der Waals surface area contributed by atoms with Gasteiger partial charge in [0.05, 0.1) is 6.61 Å². The van der Waals surface area contributed by atoms with Gasteiger partial charge in [-0.2, -0.15) is 0 Å². The monoisotopic (exact) mass is 210 g/mol. The molecular weight excluding hydrogens is 192 g/mol. The maximum Gasteiger partial charge on any atom is 0.405 e. The normalized spacial score (nSPS) is 16.2. The second-order valence-corrected chi connectivity index (χ2v) is 3.53. The number of azo groups is 2. The van der Waals surface area contributed by atoms with Crippen LogP contribution in [-0.2, 0) is 9.53 Å². The molecule has 1 radical (unpaired) electrons. The number of likely N-dealkylation sites (N-methyl/N-ethyl adjacent to an activating group) is 1. The molecule has 0 aromatic heterocycles. The van der Waals surface area contributed by atoms with Gasteiger partial charge in [-0.3, -0.25) is 0 Å². The molecule has 0 bridgehead atoms. The Morgan fingerprint density at radius 2 is 2.20 bits per heavy atom. The molecule has 15 heavy (non-hydrogen) atoms. The first-order chi connectivity index (χ1) is 7.19. The first-order valence-electron chi connectivity index (χ1n) is 5.39. The van der Waals surface area contributed by atoms with Crippen LogP contribution in [0.4, 0.5) is 0 Å². The smallest absolute Gasteiger partial charge is 0.405 e. The van der Waals surface area contributed by atoms with Crippen LogP contribution in [0.15, 0.2) is 16.9 Å². The van der Waals surface area contributed by atoms with E-state index in [1.165, 1.54) is 0 Å². The van der Waals surface area contributed by atoms with Gasteiger partial charge in [0.25, 0.3) is 0 Å². The predicted octanol–water partition coefficient (Wildman–Crippen LogP) is 2.26. The minimum atomic E-state index is -0.283. The molecule has 1 rings (SSSR count). The molecule has 1 aliphatic heterocycles. The second kappa shape index (κ2) is 5.63. The lowest BCUT2D eigenvalue weighted by Gasteiger charge is -1.98. The third kappa shape index (κ3) is 3.15. The van der Waals surface area contributed by atoms with Gasteiger partial charge in [-0.05, 0) is 18.0 Å². The minimum Gasteiger partial charge on any atom is -0.458 e. The highest BCUT2D eigenvalue weighted by molar-refractivity contribution is 5.86. The maximum absolute atomic E-state index is 11.6. The van der Waals surface area contributed by atoms with E-state index >= 15 is 0 Å². The van der Waals surface area contributed by atoms with Crippen molar-refractivity contribution in [3.63, 3.8) is 0 Å². The Kier molecular flexibility index (Phi) is 4.46. The molecule has 0 saturated heterocycles. The lowest BCUT2D eigenvalue weighted by Crippen LogP contribution is -2.14. The lowest BCUT2D eigenvalue weighted by molar-refractivity contribution is -0.506. The average Bonchev–Trinajstić information content (AvgIpc) is 2.57. The summed E-state index contributed by atoms with van der Waals surface area (Å²) >= 11 is 0. The molecule has 0 aromatic rings. The molecule has 0 aliphatic carbocycles. The Labute approximate surface area is 90.6 Å². The topological polar surface area (TPSA) is 41.7 Å². The average molecular weight is 210 g/mol. The number of ether oxygens (including phenoxy) is 1. The number of hydrogen-bond donors (Lipinski definition) is 0. The molecule has 0 N–H and O–H groups in total. The number of hydrogen-bond acceptors (Lipinski definition) is 3. The summed E-state index contributed by atoms with van der Waals surface area (Å²) in [6.07, 6.45) is 4.57. The van der Waals surface area contributed by atoms with Crippen molar-refractivity contribution < 1.29 is 14.2 Å². The summed E-state index contributed by atoms with van der Waals surface area (Å²) < 4.78 is 6.64. The molecule has 1 aliphatic rings. The molecular formula is C11H18N2O2+. The van der Waals surface area contributed by atoms with Crippen molar-refractivity contribution in [2.45, 2.75) is 33.1 Å². The van der Waals surface area contributed by atoms with Crippen LogP contribution in [0.2, 0.25) is 0 Å². The van der Waals surface area contributed by atoms with Gasteiger partial charge in [-0.1, -0.05) is 25.0 Å². The zero-order valence-electron chi connectivity index (χ0n) is 9.62. The number of nitrogens with zero attached hydrogens (tertiary/aromatic N) is 2. The van der Waals surface area contributed by atoms with Gasteiger partial charge >= 0.3 is 11.7 Å². The van der Waals surface area contributed by atoms with E-state index in [4.69, 9.17) is 4.74 Å². The summed E-state index contributed by atoms with van der Waals surface area (Å²) in [6.45, 7) is 4.52. The van der Waals surface area contributed by atoms with Crippen molar-refractivity contribution >= 4 is 5.97 Å². The number of rotatable bonds is 5. The SMILES string of the molecule is CCCOC(=O)C1=C[C](CCC)N=[N+]1C. The minimum absolute atomic E-state index is 0.283. The predicted molar refractivity (Wildman–Crippen MR) is 56.1 cm³/mol. The molecule has 0 fully saturated rings. The van der Waals surface area contributed by atoms with Gasteiger partial charge in [-0.15, -0.1) is 0 Å². The van der Waals surface area contributed by atoms with Crippen molar-refractivity contribution in [2.75, 3.05) is 13.7 Å². The van der Waals surface area contributed by atoms with Crippen molar-refractivity contribution in [1.29, 1.82) is 0 Å². The summed E-state index contributed by atoms with van der Waals surface area (Å²) in [6, 6.07) is 0.948. The molecule has 4 nitrogen and oxygen atoms in total. The summed E-state index contributed by atoms with van der Waals surface area (Å²) in [5.74, 6) is -0.283. The van der Waals surface area contributed by atoms with Crippen LogP contribution < -0.4 is 0 Å². The van der Waals surface area contributed by atoms with Gasteiger partial charge in [0.1, 0.15) is 0 Å². The third-order valence-electron chi connectivity index (χ3n) is 2.08. The van der Waals surface area contributed by atoms with Gasteiger partial charge in [0.2, 0.25) is 0 Å². The van der Waals surface area contributed by atoms with Gasteiger partial charge in [-0.25, -0.2) is 4.79 Å². The Balaban J connectivity index is 2.59. The van der Waals surface area contributed by atoms with E-state index < -0.39 is 0 Å². The molecule has 0 atom stereocenters. The zero-order chi connectivity index (χ0) is 11.3. The Hall–Kier alpha value is -1.19. The third-order valence-corrected chi connectivity index (χ3v) is 2.08. The van der Waals surface area contributed by atoms with Crippen LogP contribution in [0.3, 0.4) is 0 Å². The fraction of sp³-hybridized carbons (Fsp3) is 0.636. The van der Waals surface area contributed by atoms with Crippen LogP contribution in [-0.4, -0.2) is 24.3 Å². The Morgan fingerprint density at radius 3 is 2.80 bits per heavy atom. The standard InChI is InChI=1S/C11H18N2O2/c1-4-6-9-8-10(13(3)12-9)11(14)15-7-5-2/h8H,4-7H2,1-3H3/q+1. The van der Waals surface area contributed by atoms with Gasteiger partial charge in [0, 0.05) is 6.08 Å². The van der Waals surface area contributed by atoms with E-state index in [0.29, 0.717) is 12.3 Å². The van der Waals surface area contributed by atoms with Crippen molar-refractivity contribution in [3.05, 3.63) is 17.8 Å². The fourth-order valence-corrected chi connectivity index (χ4v) is 1.36. The highest BCUT2D eigenvalue weighted by Crippen LogP contribution is 2.22. The highest BCUT2D eigenvalue weighted by atomic mass is 16.5. The zero-order valence-corrected chi connectivity index (χ0v) is 9.62. The van der Waals surface area contributed by atoms with Crippen LogP contribution in [0, 0.1) is 6.04 Å². The number of esters is 1. The van der Waals surface area contributed by atoms with E-state index in [1.807, 2.05) is 13.0 Å². The Bertz CT molecular complexity index is 295. The first-order valence-corrected chi connectivity index (χ1v) is 5.39. The van der Waals surface area contributed by atoms with E-state index in [1.54, 1.807) is 11.7 Å². The fourth-order valence-electron chi connectivity index (χ4n) is 1.36. The van der Waals surface area contributed by atoms with Crippen LogP contribution >= 0.6 is 0 Å². The van der Waals surface area contributed by atoms with E-state index in [-0.39, 0.29) is 5.97 Å².